The molecule has 1 aliphatic rings. The fourth-order valence-corrected chi connectivity index (χ4v) is 3.38. The minimum atomic E-state index is 0.0447. The van der Waals surface area contributed by atoms with E-state index in [1.165, 1.54) is 18.4 Å². The summed E-state index contributed by atoms with van der Waals surface area (Å²) in [6.45, 7) is 4.27. The number of aryl methyl sites for hydroxylation is 1. The Labute approximate surface area is 144 Å². The zero-order valence-corrected chi connectivity index (χ0v) is 14.7. The van der Waals surface area contributed by atoms with Gasteiger partial charge in [0.2, 0.25) is 0 Å². The maximum Gasteiger partial charge on any atom is 0.193 e. The van der Waals surface area contributed by atoms with Crippen LogP contribution in [0.25, 0.3) is 0 Å². The van der Waals surface area contributed by atoms with Crippen molar-refractivity contribution in [3.05, 3.63) is 64.7 Å². The Balaban J connectivity index is 1.76. The van der Waals surface area contributed by atoms with E-state index >= 15 is 0 Å². The molecule has 0 radical (unpaired) electrons. The summed E-state index contributed by atoms with van der Waals surface area (Å²) in [5.41, 5.74) is 3.79. The Morgan fingerprint density at radius 1 is 1.04 bits per heavy atom. The van der Waals surface area contributed by atoms with Crippen LogP contribution in [0, 0.1) is 6.92 Å². The van der Waals surface area contributed by atoms with E-state index in [9.17, 15) is 4.79 Å². The molecule has 0 bridgehead atoms. The van der Waals surface area contributed by atoms with Crippen molar-refractivity contribution in [2.75, 3.05) is 27.2 Å². The van der Waals surface area contributed by atoms with Crippen molar-refractivity contribution in [1.82, 2.24) is 4.90 Å². The van der Waals surface area contributed by atoms with Gasteiger partial charge in [0, 0.05) is 11.1 Å². The van der Waals surface area contributed by atoms with Crippen molar-refractivity contribution in [2.24, 2.45) is 0 Å². The number of rotatable bonds is 4. The van der Waals surface area contributed by atoms with Gasteiger partial charge in [-0.2, -0.15) is 0 Å². The quantitative estimate of drug-likeness (QED) is 0.795. The second-order valence-electron chi connectivity index (χ2n) is 6.71. The van der Waals surface area contributed by atoms with Gasteiger partial charge < -0.3 is 9.64 Å². The standard InChI is InChI=1S/C21H25NO2/c1-15-4-5-19(14-20(15)24-3)21(23)18-8-6-16(7-9-18)17-10-12-22(2)13-11-17/h4-9,14,17H,10-13H2,1-3H3. The average molecular weight is 323 g/mol. The molecule has 0 aromatic heterocycles. The number of likely N-dealkylation sites (tertiary alicyclic amines) is 1. The van der Waals surface area contributed by atoms with Gasteiger partial charge in [-0.25, -0.2) is 0 Å². The third-order valence-corrected chi connectivity index (χ3v) is 5.03. The predicted octanol–water partition coefficient (Wildman–Crippen LogP) is 4.04. The first-order valence-electron chi connectivity index (χ1n) is 8.56. The number of benzene rings is 2. The largest absolute Gasteiger partial charge is 0.496 e. The normalized spacial score (nSPS) is 16.1. The molecule has 2 aromatic rings. The lowest BCUT2D eigenvalue weighted by Gasteiger charge is -2.29. The molecular weight excluding hydrogens is 298 g/mol. The fraction of sp³-hybridized carbons (Fsp3) is 0.381. The number of ketones is 1. The summed E-state index contributed by atoms with van der Waals surface area (Å²) in [5, 5.41) is 0. The summed E-state index contributed by atoms with van der Waals surface area (Å²) >= 11 is 0. The number of nitrogens with zero attached hydrogens (tertiary/aromatic N) is 1. The fourth-order valence-electron chi connectivity index (χ4n) is 3.38. The van der Waals surface area contributed by atoms with E-state index in [1.807, 2.05) is 37.3 Å². The van der Waals surface area contributed by atoms with Gasteiger partial charge in [-0.3, -0.25) is 4.79 Å². The van der Waals surface area contributed by atoms with Gasteiger partial charge in [-0.1, -0.05) is 36.4 Å². The zero-order chi connectivity index (χ0) is 17.1. The lowest BCUT2D eigenvalue weighted by atomic mass is 9.88. The highest BCUT2D eigenvalue weighted by molar-refractivity contribution is 6.09. The molecular formula is C21H25NO2. The van der Waals surface area contributed by atoms with Gasteiger partial charge >= 0.3 is 0 Å². The summed E-state index contributed by atoms with van der Waals surface area (Å²) in [6.07, 6.45) is 2.39. The molecule has 3 heteroatoms. The molecule has 1 fully saturated rings. The van der Waals surface area contributed by atoms with E-state index in [0.29, 0.717) is 11.5 Å². The summed E-state index contributed by atoms with van der Waals surface area (Å²) in [4.78, 5) is 15.1. The van der Waals surface area contributed by atoms with Crippen LogP contribution in [-0.4, -0.2) is 37.9 Å². The Kier molecular flexibility index (Phi) is 5.00. The Morgan fingerprint density at radius 3 is 2.29 bits per heavy atom. The molecule has 0 aliphatic carbocycles. The average Bonchev–Trinajstić information content (AvgIpc) is 2.62. The first kappa shape index (κ1) is 16.7. The van der Waals surface area contributed by atoms with Crippen LogP contribution in [0.3, 0.4) is 0 Å². The first-order valence-corrected chi connectivity index (χ1v) is 8.56. The minimum Gasteiger partial charge on any atom is -0.496 e. The number of methoxy groups -OCH3 is 1. The number of hydrogen-bond donors (Lipinski definition) is 0. The maximum absolute atomic E-state index is 12.7. The van der Waals surface area contributed by atoms with Gasteiger partial charge in [0.05, 0.1) is 7.11 Å². The Morgan fingerprint density at radius 2 is 1.67 bits per heavy atom. The predicted molar refractivity (Wildman–Crippen MR) is 97.1 cm³/mol. The van der Waals surface area contributed by atoms with E-state index in [0.717, 1.165) is 30.0 Å². The van der Waals surface area contributed by atoms with Gasteiger partial charge in [0.25, 0.3) is 0 Å². The molecule has 0 amide bonds. The number of carbonyl (C=O) groups is 1. The van der Waals surface area contributed by atoms with Crippen molar-refractivity contribution in [3.8, 4) is 5.75 Å². The summed E-state index contributed by atoms with van der Waals surface area (Å²) in [5.74, 6) is 1.41. The molecule has 24 heavy (non-hydrogen) atoms. The van der Waals surface area contributed by atoms with E-state index in [-0.39, 0.29) is 5.78 Å². The Hall–Kier alpha value is -2.13. The molecule has 1 saturated heterocycles. The molecule has 126 valence electrons. The lowest BCUT2D eigenvalue weighted by Crippen LogP contribution is -2.29. The minimum absolute atomic E-state index is 0.0447. The first-order chi connectivity index (χ1) is 11.6. The second kappa shape index (κ2) is 7.18. The van der Waals surface area contributed by atoms with Gasteiger partial charge in [-0.15, -0.1) is 0 Å². The van der Waals surface area contributed by atoms with E-state index in [1.54, 1.807) is 7.11 Å². The molecule has 3 nitrogen and oxygen atoms in total. The van der Waals surface area contributed by atoms with Gasteiger partial charge in [0.15, 0.2) is 5.78 Å². The van der Waals surface area contributed by atoms with E-state index in [4.69, 9.17) is 4.74 Å². The van der Waals surface area contributed by atoms with Gasteiger partial charge in [-0.05, 0) is 63.0 Å². The highest BCUT2D eigenvalue weighted by Gasteiger charge is 2.19. The maximum atomic E-state index is 12.7. The summed E-state index contributed by atoms with van der Waals surface area (Å²) in [7, 11) is 3.81. The number of carbonyl (C=O) groups excluding carboxylic acids is 1. The van der Waals surface area contributed by atoms with Crippen LogP contribution in [0.4, 0.5) is 0 Å². The molecule has 0 spiro atoms. The molecule has 1 heterocycles. The molecule has 3 rings (SSSR count). The van der Waals surface area contributed by atoms with Crippen LogP contribution >= 0.6 is 0 Å². The molecule has 1 aliphatic heterocycles. The van der Waals surface area contributed by atoms with Crippen molar-refractivity contribution in [2.45, 2.75) is 25.7 Å². The zero-order valence-electron chi connectivity index (χ0n) is 14.7. The third-order valence-electron chi connectivity index (χ3n) is 5.03. The number of piperidine rings is 1. The molecule has 0 unspecified atom stereocenters. The number of hydrogen-bond acceptors (Lipinski definition) is 3. The highest BCUT2D eigenvalue weighted by Crippen LogP contribution is 2.28. The summed E-state index contributed by atoms with van der Waals surface area (Å²) in [6, 6.07) is 13.8. The summed E-state index contributed by atoms with van der Waals surface area (Å²) < 4.78 is 5.32. The van der Waals surface area contributed by atoms with Crippen LogP contribution in [-0.2, 0) is 0 Å². The SMILES string of the molecule is COc1cc(C(=O)c2ccc(C3CCN(C)CC3)cc2)ccc1C. The third kappa shape index (κ3) is 3.51. The molecule has 0 atom stereocenters. The van der Waals surface area contributed by atoms with Crippen LogP contribution in [0.5, 0.6) is 5.75 Å². The van der Waals surface area contributed by atoms with Crippen molar-refractivity contribution in [1.29, 1.82) is 0 Å². The van der Waals surface area contributed by atoms with Crippen molar-refractivity contribution in [3.63, 3.8) is 0 Å². The van der Waals surface area contributed by atoms with Crippen LogP contribution in [0.1, 0.15) is 45.8 Å². The van der Waals surface area contributed by atoms with E-state index < -0.39 is 0 Å². The Bertz CT molecular complexity index is 713. The smallest absolute Gasteiger partial charge is 0.193 e. The van der Waals surface area contributed by atoms with Crippen LogP contribution in [0.2, 0.25) is 0 Å². The molecule has 0 N–H and O–H groups in total. The van der Waals surface area contributed by atoms with E-state index in [2.05, 4.69) is 24.1 Å². The van der Waals surface area contributed by atoms with Gasteiger partial charge in [0.1, 0.15) is 5.75 Å². The van der Waals surface area contributed by atoms with Crippen molar-refractivity contribution < 1.29 is 9.53 Å². The molecule has 0 saturated carbocycles. The number of ether oxygens (including phenoxy) is 1. The van der Waals surface area contributed by atoms with Crippen molar-refractivity contribution >= 4 is 5.78 Å². The highest BCUT2D eigenvalue weighted by atomic mass is 16.5. The second-order valence-corrected chi connectivity index (χ2v) is 6.71. The lowest BCUT2D eigenvalue weighted by molar-refractivity contribution is 0.103. The van der Waals surface area contributed by atoms with Crippen LogP contribution in [0.15, 0.2) is 42.5 Å². The monoisotopic (exact) mass is 323 g/mol. The molecule has 2 aromatic carbocycles. The van der Waals surface area contributed by atoms with Crippen LogP contribution < -0.4 is 4.74 Å². The topological polar surface area (TPSA) is 29.5 Å².